The molecule has 0 radical (unpaired) electrons. The third kappa shape index (κ3) is 3.67. The number of nitriles is 1. The van der Waals surface area contributed by atoms with Crippen LogP contribution in [0.4, 0.5) is 13.2 Å². The SMILES string of the molecule is N#Cc1ccc(OCc2ccccc2Cl)cc1C(F)(F)F. The van der Waals surface area contributed by atoms with E-state index in [-0.39, 0.29) is 12.4 Å². The van der Waals surface area contributed by atoms with Crippen molar-refractivity contribution in [1.82, 2.24) is 0 Å². The van der Waals surface area contributed by atoms with Crippen molar-refractivity contribution >= 4 is 11.6 Å². The van der Waals surface area contributed by atoms with E-state index < -0.39 is 17.3 Å². The van der Waals surface area contributed by atoms with Gasteiger partial charge < -0.3 is 4.74 Å². The van der Waals surface area contributed by atoms with Gasteiger partial charge in [0.2, 0.25) is 0 Å². The zero-order valence-corrected chi connectivity index (χ0v) is 11.4. The molecule has 0 heterocycles. The molecule has 0 unspecified atom stereocenters. The Morgan fingerprint density at radius 3 is 2.48 bits per heavy atom. The van der Waals surface area contributed by atoms with E-state index in [2.05, 4.69) is 0 Å². The van der Waals surface area contributed by atoms with Crippen molar-refractivity contribution in [2.45, 2.75) is 12.8 Å². The summed E-state index contributed by atoms with van der Waals surface area (Å²) >= 11 is 5.94. The van der Waals surface area contributed by atoms with Gasteiger partial charge >= 0.3 is 6.18 Å². The normalized spacial score (nSPS) is 11.0. The zero-order chi connectivity index (χ0) is 15.5. The highest BCUT2D eigenvalue weighted by molar-refractivity contribution is 6.31. The average Bonchev–Trinajstić information content (AvgIpc) is 2.45. The third-order valence-electron chi connectivity index (χ3n) is 2.77. The van der Waals surface area contributed by atoms with Crippen LogP contribution in [0.3, 0.4) is 0 Å². The maximum atomic E-state index is 12.8. The van der Waals surface area contributed by atoms with Crippen LogP contribution in [0.5, 0.6) is 5.75 Å². The van der Waals surface area contributed by atoms with E-state index in [9.17, 15) is 13.2 Å². The van der Waals surface area contributed by atoms with Crippen molar-refractivity contribution in [2.24, 2.45) is 0 Å². The molecule has 6 heteroatoms. The van der Waals surface area contributed by atoms with Crippen molar-refractivity contribution in [3.05, 3.63) is 64.2 Å². The van der Waals surface area contributed by atoms with Crippen LogP contribution in [0.25, 0.3) is 0 Å². The summed E-state index contributed by atoms with van der Waals surface area (Å²) in [7, 11) is 0. The molecular weight excluding hydrogens is 303 g/mol. The number of halogens is 4. The molecule has 2 rings (SSSR count). The summed E-state index contributed by atoms with van der Waals surface area (Å²) in [5.41, 5.74) is -0.786. The smallest absolute Gasteiger partial charge is 0.417 e. The molecule has 2 aromatic carbocycles. The summed E-state index contributed by atoms with van der Waals surface area (Å²) in [6, 6.07) is 11.6. The van der Waals surface area contributed by atoms with Crippen LogP contribution in [0, 0.1) is 11.3 Å². The Hall–Kier alpha value is -2.19. The first kappa shape index (κ1) is 15.2. The minimum atomic E-state index is -4.60. The van der Waals surface area contributed by atoms with Gasteiger partial charge in [-0.15, -0.1) is 0 Å². The highest BCUT2D eigenvalue weighted by Crippen LogP contribution is 2.34. The lowest BCUT2D eigenvalue weighted by molar-refractivity contribution is -0.137. The molecule has 2 aromatic rings. The van der Waals surface area contributed by atoms with Gasteiger partial charge in [-0.2, -0.15) is 18.4 Å². The molecule has 108 valence electrons. The Morgan fingerprint density at radius 1 is 1.14 bits per heavy atom. The molecular formula is C15H9ClF3NO. The van der Waals surface area contributed by atoms with Gasteiger partial charge in [0.1, 0.15) is 12.4 Å². The lowest BCUT2D eigenvalue weighted by atomic mass is 10.1. The summed E-state index contributed by atoms with van der Waals surface area (Å²) < 4.78 is 43.8. The maximum absolute atomic E-state index is 12.8. The molecule has 0 aliphatic rings. The molecule has 0 aliphatic carbocycles. The van der Waals surface area contributed by atoms with Crippen LogP contribution >= 0.6 is 11.6 Å². The van der Waals surface area contributed by atoms with E-state index >= 15 is 0 Å². The largest absolute Gasteiger partial charge is 0.489 e. The molecule has 0 aromatic heterocycles. The lowest BCUT2D eigenvalue weighted by Crippen LogP contribution is -2.08. The van der Waals surface area contributed by atoms with E-state index in [1.54, 1.807) is 24.3 Å². The second-order valence-electron chi connectivity index (χ2n) is 4.20. The molecule has 0 atom stereocenters. The van der Waals surface area contributed by atoms with Crippen molar-refractivity contribution in [2.75, 3.05) is 0 Å². The highest BCUT2D eigenvalue weighted by Gasteiger charge is 2.34. The Bertz CT molecular complexity index is 692. The number of benzene rings is 2. The first-order chi connectivity index (χ1) is 9.91. The van der Waals surface area contributed by atoms with Crippen molar-refractivity contribution in [1.29, 1.82) is 5.26 Å². The van der Waals surface area contributed by atoms with Crippen molar-refractivity contribution in [3.63, 3.8) is 0 Å². The van der Waals surface area contributed by atoms with Crippen LogP contribution in [0.2, 0.25) is 5.02 Å². The molecule has 2 nitrogen and oxygen atoms in total. The molecule has 0 bridgehead atoms. The van der Waals surface area contributed by atoms with E-state index in [4.69, 9.17) is 21.6 Å². The number of hydrogen-bond acceptors (Lipinski definition) is 2. The monoisotopic (exact) mass is 311 g/mol. The first-order valence-corrected chi connectivity index (χ1v) is 6.27. The van der Waals surface area contributed by atoms with Gasteiger partial charge in [0.15, 0.2) is 0 Å². The lowest BCUT2D eigenvalue weighted by Gasteiger charge is -2.12. The molecule has 0 aliphatic heterocycles. The maximum Gasteiger partial charge on any atom is 0.417 e. The predicted molar refractivity (Wildman–Crippen MR) is 71.9 cm³/mol. The number of hydrogen-bond donors (Lipinski definition) is 0. The fourth-order valence-corrected chi connectivity index (χ4v) is 1.91. The minimum absolute atomic E-state index is 0.0289. The Kier molecular flexibility index (Phi) is 4.39. The van der Waals surface area contributed by atoms with Gasteiger partial charge in [-0.25, -0.2) is 0 Å². The number of ether oxygens (including phenoxy) is 1. The van der Waals surface area contributed by atoms with Gasteiger partial charge in [-0.3, -0.25) is 0 Å². The number of rotatable bonds is 3. The van der Waals surface area contributed by atoms with Crippen molar-refractivity contribution < 1.29 is 17.9 Å². The van der Waals surface area contributed by atoms with Gasteiger partial charge in [0.05, 0.1) is 17.2 Å². The molecule has 0 saturated carbocycles. The van der Waals surface area contributed by atoms with E-state index in [0.717, 1.165) is 12.1 Å². The predicted octanol–water partition coefficient (Wildman–Crippen LogP) is 4.81. The summed E-state index contributed by atoms with van der Waals surface area (Å²) in [5, 5.41) is 9.18. The van der Waals surface area contributed by atoms with E-state index in [0.29, 0.717) is 10.6 Å². The highest BCUT2D eigenvalue weighted by atomic mass is 35.5. The molecule has 0 spiro atoms. The Labute approximate surface area is 124 Å². The first-order valence-electron chi connectivity index (χ1n) is 5.89. The number of nitrogens with zero attached hydrogens (tertiary/aromatic N) is 1. The fourth-order valence-electron chi connectivity index (χ4n) is 1.72. The molecule has 0 saturated heterocycles. The van der Waals surface area contributed by atoms with E-state index in [1.165, 1.54) is 12.1 Å². The summed E-state index contributed by atoms with van der Waals surface area (Å²) in [6.07, 6.45) is -4.60. The van der Waals surface area contributed by atoms with Crippen LogP contribution < -0.4 is 4.74 Å². The number of alkyl halides is 3. The van der Waals surface area contributed by atoms with Gasteiger partial charge in [-0.05, 0) is 24.3 Å². The van der Waals surface area contributed by atoms with E-state index in [1.807, 2.05) is 0 Å². The van der Waals surface area contributed by atoms with Crippen LogP contribution in [0.15, 0.2) is 42.5 Å². The molecule has 0 N–H and O–H groups in total. The molecule has 21 heavy (non-hydrogen) atoms. The molecule has 0 amide bonds. The third-order valence-corrected chi connectivity index (χ3v) is 3.14. The summed E-state index contributed by atoms with van der Waals surface area (Å²) in [5.74, 6) is 0.0289. The fraction of sp³-hybridized carbons (Fsp3) is 0.133. The van der Waals surface area contributed by atoms with Gasteiger partial charge in [-0.1, -0.05) is 29.8 Å². The summed E-state index contributed by atoms with van der Waals surface area (Å²) in [6.45, 7) is 0.0445. The minimum Gasteiger partial charge on any atom is -0.489 e. The Morgan fingerprint density at radius 2 is 1.86 bits per heavy atom. The zero-order valence-electron chi connectivity index (χ0n) is 10.6. The average molecular weight is 312 g/mol. The topological polar surface area (TPSA) is 33.0 Å². The van der Waals surface area contributed by atoms with Crippen LogP contribution in [0.1, 0.15) is 16.7 Å². The Balaban J connectivity index is 2.23. The quantitative estimate of drug-likeness (QED) is 0.815. The summed E-state index contributed by atoms with van der Waals surface area (Å²) in [4.78, 5) is 0. The van der Waals surface area contributed by atoms with Gasteiger partial charge in [0.25, 0.3) is 0 Å². The second kappa shape index (κ2) is 6.06. The van der Waals surface area contributed by atoms with Crippen LogP contribution in [-0.2, 0) is 12.8 Å². The van der Waals surface area contributed by atoms with Gasteiger partial charge in [0, 0.05) is 10.6 Å². The standard InChI is InChI=1S/C15H9ClF3NO/c16-14-4-2-1-3-11(14)9-21-12-6-5-10(8-20)13(7-12)15(17,18)19/h1-7H,9H2. The second-order valence-corrected chi connectivity index (χ2v) is 4.60. The van der Waals surface area contributed by atoms with Crippen molar-refractivity contribution in [3.8, 4) is 11.8 Å². The van der Waals surface area contributed by atoms with Crippen LogP contribution in [-0.4, -0.2) is 0 Å². The molecule has 0 fully saturated rings.